The van der Waals surface area contributed by atoms with Gasteiger partial charge in [-0.25, -0.2) is 4.79 Å². The second-order valence-electron chi connectivity index (χ2n) is 5.12. The van der Waals surface area contributed by atoms with Gasteiger partial charge >= 0.3 is 5.69 Å². The SMILES string of the molecule is CCCNC1CCn2c(=O)[nH]c3cccc(c32)C1O. The average Bonchev–Trinajstić information content (AvgIpc) is 2.65. The molecule has 3 N–H and O–H groups in total. The number of rotatable bonds is 3. The first-order valence-electron chi connectivity index (χ1n) is 6.85. The molecule has 5 nitrogen and oxygen atoms in total. The Hall–Kier alpha value is -1.59. The van der Waals surface area contributed by atoms with Crippen LogP contribution in [0.1, 0.15) is 31.4 Å². The van der Waals surface area contributed by atoms with E-state index in [0.29, 0.717) is 6.54 Å². The lowest BCUT2D eigenvalue weighted by Gasteiger charge is -2.22. The fourth-order valence-electron chi connectivity index (χ4n) is 2.89. The maximum atomic E-state index is 11.9. The molecule has 0 saturated carbocycles. The lowest BCUT2D eigenvalue weighted by Crippen LogP contribution is -2.35. The molecule has 1 aliphatic heterocycles. The molecule has 1 aromatic heterocycles. The summed E-state index contributed by atoms with van der Waals surface area (Å²) >= 11 is 0. The van der Waals surface area contributed by atoms with E-state index in [2.05, 4.69) is 17.2 Å². The molecule has 1 aromatic carbocycles. The van der Waals surface area contributed by atoms with Crippen molar-refractivity contribution < 1.29 is 5.11 Å². The first-order chi connectivity index (χ1) is 9.22. The molecule has 5 heteroatoms. The third-order valence-corrected chi connectivity index (χ3v) is 3.84. The highest BCUT2D eigenvalue weighted by Gasteiger charge is 2.27. The predicted molar refractivity (Wildman–Crippen MR) is 74.2 cm³/mol. The Morgan fingerprint density at radius 1 is 1.53 bits per heavy atom. The van der Waals surface area contributed by atoms with Crippen molar-refractivity contribution in [2.24, 2.45) is 0 Å². The van der Waals surface area contributed by atoms with E-state index in [1.165, 1.54) is 0 Å². The molecule has 102 valence electrons. The lowest BCUT2D eigenvalue weighted by atomic mass is 10.00. The maximum absolute atomic E-state index is 11.9. The molecule has 0 saturated heterocycles. The third-order valence-electron chi connectivity index (χ3n) is 3.84. The van der Waals surface area contributed by atoms with Crippen LogP contribution in [-0.2, 0) is 6.54 Å². The smallest absolute Gasteiger partial charge is 0.326 e. The summed E-state index contributed by atoms with van der Waals surface area (Å²) in [5.74, 6) is 0. The maximum Gasteiger partial charge on any atom is 0.326 e. The van der Waals surface area contributed by atoms with Gasteiger partial charge < -0.3 is 15.4 Å². The van der Waals surface area contributed by atoms with E-state index in [1.807, 2.05) is 18.2 Å². The Bertz CT molecular complexity index is 644. The largest absolute Gasteiger partial charge is 0.387 e. The van der Waals surface area contributed by atoms with Gasteiger partial charge in [0.15, 0.2) is 0 Å². The standard InChI is InChI=1S/C14H19N3O2/c1-2-7-15-11-6-8-17-12-9(13(11)18)4-3-5-10(12)16-14(17)19/h3-5,11,13,15,18H,2,6-8H2,1H3,(H,16,19). The van der Waals surface area contributed by atoms with Gasteiger partial charge in [-0.3, -0.25) is 4.57 Å². The van der Waals surface area contributed by atoms with Gasteiger partial charge in [-0.2, -0.15) is 0 Å². The van der Waals surface area contributed by atoms with E-state index < -0.39 is 6.10 Å². The Labute approximate surface area is 111 Å². The molecule has 2 aromatic rings. The van der Waals surface area contributed by atoms with E-state index in [-0.39, 0.29) is 11.7 Å². The van der Waals surface area contributed by atoms with Crippen LogP contribution < -0.4 is 11.0 Å². The number of hydrogen-bond donors (Lipinski definition) is 3. The highest BCUT2D eigenvalue weighted by atomic mass is 16.3. The van der Waals surface area contributed by atoms with Crippen molar-refractivity contribution in [1.29, 1.82) is 0 Å². The van der Waals surface area contributed by atoms with Gasteiger partial charge in [-0.05, 0) is 25.5 Å². The number of benzene rings is 1. The predicted octanol–water partition coefficient (Wildman–Crippen LogP) is 1.13. The number of aromatic amines is 1. The fraction of sp³-hybridized carbons (Fsp3) is 0.500. The Morgan fingerprint density at radius 2 is 2.37 bits per heavy atom. The zero-order valence-electron chi connectivity index (χ0n) is 11.0. The Balaban J connectivity index is 2.09. The molecule has 0 radical (unpaired) electrons. The van der Waals surface area contributed by atoms with Crippen molar-refractivity contribution in [2.75, 3.05) is 6.54 Å². The number of aliphatic hydroxyl groups excluding tert-OH is 1. The number of aromatic nitrogens is 2. The quantitative estimate of drug-likeness (QED) is 0.776. The summed E-state index contributed by atoms with van der Waals surface area (Å²) in [5.41, 5.74) is 2.39. The number of imidazole rings is 1. The van der Waals surface area contributed by atoms with Gasteiger partial charge in [0.25, 0.3) is 0 Å². The van der Waals surface area contributed by atoms with E-state index in [4.69, 9.17) is 0 Å². The first-order valence-corrected chi connectivity index (χ1v) is 6.85. The van der Waals surface area contributed by atoms with E-state index in [1.54, 1.807) is 4.57 Å². The van der Waals surface area contributed by atoms with E-state index in [9.17, 15) is 9.90 Å². The number of nitrogens with one attached hydrogen (secondary N) is 2. The van der Waals surface area contributed by atoms with Crippen molar-refractivity contribution in [3.8, 4) is 0 Å². The second kappa shape index (κ2) is 4.83. The van der Waals surface area contributed by atoms with Crippen LogP contribution in [0.25, 0.3) is 11.0 Å². The number of hydrogen-bond acceptors (Lipinski definition) is 3. The molecule has 2 heterocycles. The molecule has 1 aliphatic rings. The normalized spacial score (nSPS) is 22.6. The summed E-state index contributed by atoms with van der Waals surface area (Å²) in [5, 5.41) is 13.9. The summed E-state index contributed by atoms with van der Waals surface area (Å²) in [6, 6.07) is 5.67. The molecule has 0 spiro atoms. The summed E-state index contributed by atoms with van der Waals surface area (Å²) in [6.45, 7) is 3.61. The van der Waals surface area contributed by atoms with Crippen LogP contribution in [0.2, 0.25) is 0 Å². The van der Waals surface area contributed by atoms with Crippen LogP contribution in [0, 0.1) is 0 Å². The van der Waals surface area contributed by atoms with Gasteiger partial charge in [0.2, 0.25) is 0 Å². The highest BCUT2D eigenvalue weighted by Crippen LogP contribution is 2.29. The molecule has 0 amide bonds. The topological polar surface area (TPSA) is 70.0 Å². The fourth-order valence-corrected chi connectivity index (χ4v) is 2.89. The summed E-state index contributed by atoms with van der Waals surface area (Å²) in [4.78, 5) is 14.8. The van der Waals surface area contributed by atoms with Crippen LogP contribution in [0.5, 0.6) is 0 Å². The van der Waals surface area contributed by atoms with Crippen molar-refractivity contribution in [2.45, 2.75) is 38.5 Å². The summed E-state index contributed by atoms with van der Waals surface area (Å²) < 4.78 is 1.74. The van der Waals surface area contributed by atoms with Crippen LogP contribution in [0.3, 0.4) is 0 Å². The van der Waals surface area contributed by atoms with Gasteiger partial charge in [-0.15, -0.1) is 0 Å². The molecule has 2 unspecified atom stereocenters. The molecule has 19 heavy (non-hydrogen) atoms. The summed E-state index contributed by atoms with van der Waals surface area (Å²) in [6.07, 6.45) is 1.21. The van der Waals surface area contributed by atoms with Crippen molar-refractivity contribution in [1.82, 2.24) is 14.9 Å². The van der Waals surface area contributed by atoms with Gasteiger partial charge in [0, 0.05) is 18.2 Å². The van der Waals surface area contributed by atoms with Gasteiger partial charge in [-0.1, -0.05) is 19.1 Å². The molecule has 3 rings (SSSR count). The van der Waals surface area contributed by atoms with E-state index >= 15 is 0 Å². The minimum absolute atomic E-state index is 0.00449. The third kappa shape index (κ3) is 1.99. The minimum Gasteiger partial charge on any atom is -0.387 e. The molecular weight excluding hydrogens is 242 g/mol. The second-order valence-corrected chi connectivity index (χ2v) is 5.12. The monoisotopic (exact) mass is 261 g/mol. The highest BCUT2D eigenvalue weighted by molar-refractivity contribution is 5.79. The van der Waals surface area contributed by atoms with Crippen LogP contribution in [0.4, 0.5) is 0 Å². The lowest BCUT2D eigenvalue weighted by molar-refractivity contribution is 0.126. The minimum atomic E-state index is -0.570. The zero-order chi connectivity index (χ0) is 13.4. The average molecular weight is 261 g/mol. The molecule has 0 aliphatic carbocycles. The van der Waals surface area contributed by atoms with Crippen molar-refractivity contribution >= 4 is 11.0 Å². The number of aliphatic hydroxyl groups is 1. The number of nitrogens with zero attached hydrogens (tertiary/aromatic N) is 1. The number of aryl methyl sites for hydroxylation is 1. The van der Waals surface area contributed by atoms with E-state index in [0.717, 1.165) is 36.0 Å². The molecule has 0 bridgehead atoms. The number of para-hydroxylation sites is 1. The Kier molecular flexibility index (Phi) is 3.16. The number of H-pyrrole nitrogens is 1. The molecule has 0 fully saturated rings. The molecule has 2 atom stereocenters. The van der Waals surface area contributed by atoms with Gasteiger partial charge in [0.1, 0.15) is 0 Å². The Morgan fingerprint density at radius 3 is 3.16 bits per heavy atom. The summed E-state index contributed by atoms with van der Waals surface area (Å²) in [7, 11) is 0. The van der Waals surface area contributed by atoms with Crippen molar-refractivity contribution in [3.63, 3.8) is 0 Å². The zero-order valence-corrected chi connectivity index (χ0v) is 11.0. The van der Waals surface area contributed by atoms with Crippen LogP contribution >= 0.6 is 0 Å². The van der Waals surface area contributed by atoms with Gasteiger partial charge in [0.05, 0.1) is 17.1 Å². The van der Waals surface area contributed by atoms with Crippen LogP contribution in [0.15, 0.2) is 23.0 Å². The molecular formula is C14H19N3O2. The van der Waals surface area contributed by atoms with Crippen LogP contribution in [-0.4, -0.2) is 27.2 Å². The first kappa shape index (κ1) is 12.4. The van der Waals surface area contributed by atoms with Crippen molar-refractivity contribution in [3.05, 3.63) is 34.2 Å².